The van der Waals surface area contributed by atoms with Crippen LogP contribution >= 0.6 is 0 Å². The molecule has 0 saturated carbocycles. The van der Waals surface area contributed by atoms with Gasteiger partial charge in [0.1, 0.15) is 18.0 Å². The third-order valence-corrected chi connectivity index (χ3v) is 3.73. The second-order valence-corrected chi connectivity index (χ2v) is 6.23. The van der Waals surface area contributed by atoms with E-state index in [4.69, 9.17) is 9.47 Å². The minimum Gasteiger partial charge on any atom is -0.484 e. The molecule has 0 heterocycles. The highest BCUT2D eigenvalue weighted by atomic mass is 19.1. The molecule has 31 heavy (non-hydrogen) atoms. The van der Waals surface area contributed by atoms with Gasteiger partial charge in [0.25, 0.3) is 5.91 Å². The fourth-order valence-electron chi connectivity index (χ4n) is 2.25. The second kappa shape index (κ2) is 12.7. The lowest BCUT2D eigenvalue weighted by Crippen LogP contribution is -2.31. The summed E-state index contributed by atoms with van der Waals surface area (Å²) in [6, 6.07) is 12.0. The molecule has 3 N–H and O–H groups in total. The van der Waals surface area contributed by atoms with Crippen LogP contribution in [0.25, 0.3) is 0 Å². The maximum atomic E-state index is 12.9. The van der Waals surface area contributed by atoms with Crippen LogP contribution in [0, 0.1) is 5.82 Å². The van der Waals surface area contributed by atoms with Crippen LogP contribution in [0.4, 0.5) is 10.1 Å². The number of nitrogens with zero attached hydrogens (tertiary/aromatic N) is 1. The molecule has 9 nitrogen and oxygen atoms in total. The number of hydrogen-bond donors (Lipinski definition) is 3. The van der Waals surface area contributed by atoms with E-state index in [2.05, 4.69) is 21.2 Å². The zero-order chi connectivity index (χ0) is 22.5. The van der Waals surface area contributed by atoms with E-state index < -0.39 is 11.8 Å². The van der Waals surface area contributed by atoms with Crippen LogP contribution in [0.15, 0.2) is 53.6 Å². The van der Waals surface area contributed by atoms with Gasteiger partial charge in [0.05, 0.1) is 12.8 Å². The van der Waals surface area contributed by atoms with Crippen molar-refractivity contribution < 1.29 is 28.2 Å². The number of carbonyl (C=O) groups is 3. The lowest BCUT2D eigenvalue weighted by atomic mass is 10.2. The molecule has 10 heteroatoms. The number of ether oxygens (including phenoxy) is 2. The fourth-order valence-corrected chi connectivity index (χ4v) is 2.25. The number of halogens is 1. The van der Waals surface area contributed by atoms with Crippen molar-refractivity contribution in [1.29, 1.82) is 0 Å². The van der Waals surface area contributed by atoms with Gasteiger partial charge in [-0.2, -0.15) is 5.10 Å². The molecule has 0 spiro atoms. The second-order valence-electron chi connectivity index (χ2n) is 6.23. The standard InChI is InChI=1S/C21H23FN4O5/c1-30-11-10-23-19(27)12-20(28)26-24-13-15-2-8-18(9-3-15)31-14-21(29)25-17-6-4-16(22)5-7-17/h2-9,13H,10-12,14H2,1H3,(H,23,27)(H,25,29)(H,26,28)/b24-13+. The topological polar surface area (TPSA) is 118 Å². The Morgan fingerprint density at radius 1 is 1.00 bits per heavy atom. The van der Waals surface area contributed by atoms with Gasteiger partial charge in [-0.3, -0.25) is 14.4 Å². The van der Waals surface area contributed by atoms with E-state index >= 15 is 0 Å². The van der Waals surface area contributed by atoms with Crippen molar-refractivity contribution in [2.75, 3.05) is 32.2 Å². The van der Waals surface area contributed by atoms with Crippen LogP contribution in [-0.4, -0.2) is 50.8 Å². The molecule has 0 aliphatic heterocycles. The number of nitrogens with one attached hydrogen (secondary N) is 3. The van der Waals surface area contributed by atoms with Crippen LogP contribution in [0.3, 0.4) is 0 Å². The van der Waals surface area contributed by atoms with Gasteiger partial charge in [-0.1, -0.05) is 0 Å². The Bertz CT molecular complexity index is 901. The molecule has 0 bridgehead atoms. The quantitative estimate of drug-likeness (QED) is 0.216. The summed E-state index contributed by atoms with van der Waals surface area (Å²) < 4.78 is 23.0. The van der Waals surface area contributed by atoms with Gasteiger partial charge in [-0.05, 0) is 54.1 Å². The zero-order valence-corrected chi connectivity index (χ0v) is 16.9. The predicted octanol–water partition coefficient (Wildman–Crippen LogP) is 1.45. The van der Waals surface area contributed by atoms with Crippen molar-refractivity contribution in [1.82, 2.24) is 10.7 Å². The van der Waals surface area contributed by atoms with Crippen molar-refractivity contribution in [2.45, 2.75) is 6.42 Å². The average Bonchev–Trinajstić information content (AvgIpc) is 2.75. The van der Waals surface area contributed by atoms with Crippen molar-refractivity contribution >= 4 is 29.6 Å². The summed E-state index contributed by atoms with van der Waals surface area (Å²) in [5.74, 6) is -1.27. The summed E-state index contributed by atoms with van der Waals surface area (Å²) in [6.45, 7) is 0.478. The Morgan fingerprint density at radius 3 is 2.39 bits per heavy atom. The molecule has 0 radical (unpaired) electrons. The van der Waals surface area contributed by atoms with Crippen LogP contribution in [0.2, 0.25) is 0 Å². The maximum absolute atomic E-state index is 12.9. The normalized spacial score (nSPS) is 10.5. The van der Waals surface area contributed by atoms with Crippen LogP contribution < -0.4 is 20.8 Å². The maximum Gasteiger partial charge on any atom is 0.262 e. The number of amides is 3. The molecule has 0 aliphatic rings. The van der Waals surface area contributed by atoms with E-state index in [0.717, 1.165) is 0 Å². The monoisotopic (exact) mass is 430 g/mol. The Kier molecular flexibility index (Phi) is 9.63. The van der Waals surface area contributed by atoms with Crippen molar-refractivity contribution in [3.63, 3.8) is 0 Å². The van der Waals surface area contributed by atoms with Crippen molar-refractivity contribution in [3.05, 3.63) is 59.9 Å². The molecule has 2 rings (SSSR count). The number of hydrazone groups is 1. The SMILES string of the molecule is COCCNC(=O)CC(=O)N/N=C/c1ccc(OCC(=O)Nc2ccc(F)cc2)cc1. The molecular formula is C21H23FN4O5. The molecule has 164 valence electrons. The number of benzene rings is 2. The summed E-state index contributed by atoms with van der Waals surface area (Å²) in [6.07, 6.45) is 1.07. The van der Waals surface area contributed by atoms with E-state index in [0.29, 0.717) is 30.2 Å². The van der Waals surface area contributed by atoms with Crippen LogP contribution in [0.5, 0.6) is 5.75 Å². The highest BCUT2D eigenvalue weighted by Gasteiger charge is 2.07. The van der Waals surface area contributed by atoms with E-state index in [-0.39, 0.29) is 24.8 Å². The molecule has 0 atom stereocenters. The summed E-state index contributed by atoms with van der Waals surface area (Å²) in [4.78, 5) is 35.0. The first-order chi connectivity index (χ1) is 15.0. The number of rotatable bonds is 11. The first-order valence-electron chi connectivity index (χ1n) is 9.32. The molecule has 0 fully saturated rings. The Morgan fingerprint density at radius 2 is 1.71 bits per heavy atom. The molecule has 0 aliphatic carbocycles. The Labute approximate surface area is 178 Å². The zero-order valence-electron chi connectivity index (χ0n) is 16.9. The summed E-state index contributed by atoms with van der Waals surface area (Å²) in [5.41, 5.74) is 3.41. The number of methoxy groups -OCH3 is 1. The van der Waals surface area contributed by atoms with E-state index in [1.165, 1.54) is 37.6 Å². The highest BCUT2D eigenvalue weighted by molar-refractivity contribution is 5.97. The molecule has 2 aromatic rings. The average molecular weight is 430 g/mol. The Hall–Kier alpha value is -3.79. The molecule has 0 unspecified atom stereocenters. The van der Waals surface area contributed by atoms with Crippen LogP contribution in [-0.2, 0) is 19.1 Å². The van der Waals surface area contributed by atoms with Gasteiger partial charge < -0.3 is 20.1 Å². The van der Waals surface area contributed by atoms with Gasteiger partial charge in [0.2, 0.25) is 11.8 Å². The first-order valence-corrected chi connectivity index (χ1v) is 9.32. The third-order valence-electron chi connectivity index (χ3n) is 3.73. The number of carbonyl (C=O) groups excluding carboxylic acids is 3. The van der Waals surface area contributed by atoms with Gasteiger partial charge >= 0.3 is 0 Å². The smallest absolute Gasteiger partial charge is 0.262 e. The van der Waals surface area contributed by atoms with Gasteiger partial charge in [0, 0.05) is 19.3 Å². The third kappa shape index (κ3) is 9.50. The van der Waals surface area contributed by atoms with Crippen molar-refractivity contribution in [2.24, 2.45) is 5.10 Å². The minimum absolute atomic E-state index is 0.215. The largest absolute Gasteiger partial charge is 0.484 e. The van der Waals surface area contributed by atoms with E-state index in [1.54, 1.807) is 24.3 Å². The van der Waals surface area contributed by atoms with Crippen molar-refractivity contribution in [3.8, 4) is 5.75 Å². The number of anilines is 1. The minimum atomic E-state index is -0.543. The lowest BCUT2D eigenvalue weighted by molar-refractivity contribution is -0.129. The molecule has 0 saturated heterocycles. The first kappa shape index (κ1) is 23.5. The van der Waals surface area contributed by atoms with Gasteiger partial charge in [-0.25, -0.2) is 9.82 Å². The molecule has 3 amide bonds. The predicted molar refractivity (Wildman–Crippen MR) is 112 cm³/mol. The van der Waals surface area contributed by atoms with Crippen LogP contribution in [0.1, 0.15) is 12.0 Å². The van der Waals surface area contributed by atoms with Gasteiger partial charge in [0.15, 0.2) is 6.61 Å². The lowest BCUT2D eigenvalue weighted by Gasteiger charge is -2.07. The Balaban J connectivity index is 1.71. The summed E-state index contributed by atoms with van der Waals surface area (Å²) in [5, 5.41) is 8.91. The van der Waals surface area contributed by atoms with E-state index in [9.17, 15) is 18.8 Å². The fraction of sp³-hybridized carbons (Fsp3) is 0.238. The molecule has 0 aromatic heterocycles. The number of hydrogen-bond acceptors (Lipinski definition) is 6. The molecular weight excluding hydrogens is 407 g/mol. The van der Waals surface area contributed by atoms with Gasteiger partial charge in [-0.15, -0.1) is 0 Å². The highest BCUT2D eigenvalue weighted by Crippen LogP contribution is 2.12. The molecule has 2 aromatic carbocycles. The summed E-state index contributed by atoms with van der Waals surface area (Å²) in [7, 11) is 1.51. The summed E-state index contributed by atoms with van der Waals surface area (Å²) >= 11 is 0. The van der Waals surface area contributed by atoms with E-state index in [1.807, 2.05) is 0 Å².